The number of rotatable bonds is 2. The zero-order valence-electron chi connectivity index (χ0n) is 9.77. The molecule has 18 heavy (non-hydrogen) atoms. The van der Waals surface area contributed by atoms with Crippen molar-refractivity contribution in [2.45, 2.75) is 6.92 Å². The molecule has 0 heterocycles. The Labute approximate surface area is 114 Å². The van der Waals surface area contributed by atoms with Gasteiger partial charge in [-0.15, -0.1) is 0 Å². The van der Waals surface area contributed by atoms with E-state index in [1.807, 2.05) is 31.2 Å². The summed E-state index contributed by atoms with van der Waals surface area (Å²) in [6, 6.07) is 12.2. The van der Waals surface area contributed by atoms with Gasteiger partial charge in [-0.2, -0.15) is 0 Å². The van der Waals surface area contributed by atoms with Crippen LogP contribution in [0.3, 0.4) is 0 Å². The van der Waals surface area contributed by atoms with Crippen molar-refractivity contribution in [2.24, 2.45) is 0 Å². The fourth-order valence-corrected chi connectivity index (χ4v) is 1.88. The molecule has 2 aromatic carbocycles. The fraction of sp³-hybridized carbons (Fsp3) is 0.0714. The monoisotopic (exact) mass is 305 g/mol. The second-order valence-corrected chi connectivity index (χ2v) is 4.90. The number of phenolic OH excluding ortho intramolecular Hbond substituents is 1. The van der Waals surface area contributed by atoms with E-state index in [1.54, 1.807) is 12.1 Å². The molecule has 2 aromatic rings. The van der Waals surface area contributed by atoms with Gasteiger partial charge in [0.1, 0.15) is 5.75 Å². The highest BCUT2D eigenvalue weighted by Crippen LogP contribution is 2.23. The molecule has 1 amide bonds. The summed E-state index contributed by atoms with van der Waals surface area (Å²) in [5.74, 6) is -0.377. The highest BCUT2D eigenvalue weighted by Gasteiger charge is 2.11. The van der Waals surface area contributed by atoms with Gasteiger partial charge in [0.05, 0.1) is 5.56 Å². The number of anilines is 1. The number of hydrogen-bond acceptors (Lipinski definition) is 2. The Morgan fingerprint density at radius 2 is 1.83 bits per heavy atom. The maximum Gasteiger partial charge on any atom is 0.259 e. The maximum absolute atomic E-state index is 11.9. The molecule has 0 aliphatic heterocycles. The molecule has 0 atom stereocenters. The second-order valence-electron chi connectivity index (χ2n) is 3.98. The molecule has 2 rings (SSSR count). The summed E-state index contributed by atoms with van der Waals surface area (Å²) in [6.45, 7) is 1.98. The van der Waals surface area contributed by atoms with E-state index in [1.165, 1.54) is 6.07 Å². The van der Waals surface area contributed by atoms with E-state index in [0.717, 1.165) is 10.0 Å². The van der Waals surface area contributed by atoms with Gasteiger partial charge >= 0.3 is 0 Å². The summed E-state index contributed by atoms with van der Waals surface area (Å²) in [4.78, 5) is 11.9. The predicted molar refractivity (Wildman–Crippen MR) is 74.9 cm³/mol. The average Bonchev–Trinajstić information content (AvgIpc) is 2.32. The van der Waals surface area contributed by atoms with E-state index in [9.17, 15) is 9.90 Å². The molecule has 0 radical (unpaired) electrons. The van der Waals surface area contributed by atoms with Gasteiger partial charge in [0.2, 0.25) is 0 Å². The molecular weight excluding hydrogens is 294 g/mol. The lowest BCUT2D eigenvalue weighted by atomic mass is 10.1. The van der Waals surface area contributed by atoms with Crippen molar-refractivity contribution < 1.29 is 9.90 Å². The van der Waals surface area contributed by atoms with E-state index < -0.39 is 0 Å². The largest absolute Gasteiger partial charge is 0.507 e. The Hall–Kier alpha value is -1.81. The molecular formula is C14H12BrNO2. The van der Waals surface area contributed by atoms with Crippen molar-refractivity contribution in [1.29, 1.82) is 0 Å². The zero-order chi connectivity index (χ0) is 13.1. The third-order valence-corrected chi connectivity index (χ3v) is 3.01. The lowest BCUT2D eigenvalue weighted by Gasteiger charge is -2.07. The van der Waals surface area contributed by atoms with Gasteiger partial charge < -0.3 is 10.4 Å². The molecule has 2 N–H and O–H groups in total. The Bertz CT molecular complexity index is 579. The molecule has 0 aliphatic rings. The van der Waals surface area contributed by atoms with Crippen molar-refractivity contribution in [2.75, 3.05) is 5.32 Å². The minimum absolute atomic E-state index is 0.0472. The number of phenols is 1. The average molecular weight is 306 g/mol. The molecule has 0 fully saturated rings. The summed E-state index contributed by atoms with van der Waals surface area (Å²) in [5, 5.41) is 12.4. The number of carbonyl (C=O) groups is 1. The first-order valence-electron chi connectivity index (χ1n) is 5.43. The first-order chi connectivity index (χ1) is 8.56. The minimum atomic E-state index is -0.330. The number of aromatic hydroxyl groups is 1. The van der Waals surface area contributed by atoms with Crippen molar-refractivity contribution in [1.82, 2.24) is 0 Å². The van der Waals surface area contributed by atoms with Crippen LogP contribution < -0.4 is 5.32 Å². The predicted octanol–water partition coefficient (Wildman–Crippen LogP) is 3.72. The third-order valence-electron chi connectivity index (χ3n) is 2.51. The van der Waals surface area contributed by atoms with Crippen LogP contribution in [0.15, 0.2) is 46.9 Å². The minimum Gasteiger partial charge on any atom is -0.507 e. The lowest BCUT2D eigenvalue weighted by Crippen LogP contribution is -2.11. The smallest absolute Gasteiger partial charge is 0.259 e. The summed E-state index contributed by atoms with van der Waals surface area (Å²) in [6.07, 6.45) is 0. The van der Waals surface area contributed by atoms with Crippen LogP contribution in [0.1, 0.15) is 15.9 Å². The molecule has 0 saturated heterocycles. The summed E-state index contributed by atoms with van der Waals surface area (Å²) >= 11 is 3.23. The van der Waals surface area contributed by atoms with Crippen LogP contribution in [0.25, 0.3) is 0 Å². The van der Waals surface area contributed by atoms with E-state index in [0.29, 0.717) is 5.69 Å². The van der Waals surface area contributed by atoms with Crippen LogP contribution >= 0.6 is 15.9 Å². The van der Waals surface area contributed by atoms with E-state index in [4.69, 9.17) is 0 Å². The molecule has 0 aromatic heterocycles. The number of halogens is 1. The highest BCUT2D eigenvalue weighted by molar-refractivity contribution is 9.10. The van der Waals surface area contributed by atoms with E-state index >= 15 is 0 Å². The van der Waals surface area contributed by atoms with Gasteiger partial charge in [-0.05, 0) is 37.3 Å². The first kappa shape index (κ1) is 12.6. The van der Waals surface area contributed by atoms with Gasteiger partial charge in [-0.1, -0.05) is 33.6 Å². The van der Waals surface area contributed by atoms with E-state index in [2.05, 4.69) is 21.2 Å². The Morgan fingerprint density at radius 3 is 2.44 bits per heavy atom. The van der Waals surface area contributed by atoms with Crippen LogP contribution in [0.5, 0.6) is 5.75 Å². The summed E-state index contributed by atoms with van der Waals surface area (Å²) < 4.78 is 0.729. The maximum atomic E-state index is 11.9. The van der Waals surface area contributed by atoms with Gasteiger partial charge in [0, 0.05) is 10.2 Å². The number of hydrogen-bond donors (Lipinski definition) is 2. The third kappa shape index (κ3) is 2.90. The van der Waals surface area contributed by atoms with E-state index in [-0.39, 0.29) is 17.2 Å². The normalized spacial score (nSPS) is 10.1. The molecule has 0 aliphatic carbocycles. The van der Waals surface area contributed by atoms with Crippen molar-refractivity contribution in [3.63, 3.8) is 0 Å². The van der Waals surface area contributed by atoms with Gasteiger partial charge in [-0.25, -0.2) is 0 Å². The Kier molecular flexibility index (Phi) is 3.67. The molecule has 4 heteroatoms. The van der Waals surface area contributed by atoms with Crippen LogP contribution in [0, 0.1) is 6.92 Å². The van der Waals surface area contributed by atoms with Crippen molar-refractivity contribution in [3.05, 3.63) is 58.1 Å². The highest BCUT2D eigenvalue weighted by atomic mass is 79.9. The molecule has 92 valence electrons. The number of benzene rings is 2. The van der Waals surface area contributed by atoms with Gasteiger partial charge in [-0.3, -0.25) is 4.79 Å². The number of carbonyl (C=O) groups excluding carboxylic acids is 1. The fourth-order valence-electron chi connectivity index (χ4n) is 1.53. The van der Waals surface area contributed by atoms with Crippen LogP contribution in [-0.4, -0.2) is 11.0 Å². The number of nitrogens with one attached hydrogen (secondary N) is 1. The molecule has 0 bridgehead atoms. The first-order valence-corrected chi connectivity index (χ1v) is 6.22. The SMILES string of the molecule is Cc1ccc(NC(=O)c2ccc(Br)cc2O)cc1. The topological polar surface area (TPSA) is 49.3 Å². The van der Waals surface area contributed by atoms with Crippen LogP contribution in [0.4, 0.5) is 5.69 Å². The number of aryl methyl sites for hydroxylation is 1. The Balaban J connectivity index is 2.19. The van der Waals surface area contributed by atoms with Gasteiger partial charge in [0.25, 0.3) is 5.91 Å². The summed E-state index contributed by atoms with van der Waals surface area (Å²) in [7, 11) is 0. The number of amides is 1. The van der Waals surface area contributed by atoms with Crippen LogP contribution in [-0.2, 0) is 0 Å². The molecule has 0 saturated carbocycles. The summed E-state index contributed by atoms with van der Waals surface area (Å²) in [5.41, 5.74) is 2.08. The lowest BCUT2D eigenvalue weighted by molar-refractivity contribution is 0.102. The standard InChI is InChI=1S/C14H12BrNO2/c1-9-2-5-11(6-3-9)16-14(18)12-7-4-10(15)8-13(12)17/h2-8,17H,1H3,(H,16,18). The second kappa shape index (κ2) is 5.23. The Morgan fingerprint density at radius 1 is 1.17 bits per heavy atom. The van der Waals surface area contributed by atoms with Crippen molar-refractivity contribution in [3.8, 4) is 5.75 Å². The van der Waals surface area contributed by atoms with Crippen LogP contribution in [0.2, 0.25) is 0 Å². The molecule has 0 spiro atoms. The quantitative estimate of drug-likeness (QED) is 0.888. The zero-order valence-corrected chi connectivity index (χ0v) is 11.4. The molecule has 0 unspecified atom stereocenters. The van der Waals surface area contributed by atoms with Crippen molar-refractivity contribution >= 4 is 27.5 Å². The van der Waals surface area contributed by atoms with Gasteiger partial charge in [0.15, 0.2) is 0 Å². The molecule has 3 nitrogen and oxygen atoms in total.